The van der Waals surface area contributed by atoms with Crippen LogP contribution in [0, 0.1) is 0 Å². The van der Waals surface area contributed by atoms with Crippen LogP contribution in [-0.4, -0.2) is 33.3 Å². The van der Waals surface area contributed by atoms with E-state index in [0.29, 0.717) is 30.4 Å². The van der Waals surface area contributed by atoms with Crippen molar-refractivity contribution in [2.75, 3.05) is 23.7 Å². The number of nitrogens with two attached hydrogens (primary N) is 1. The van der Waals surface area contributed by atoms with Crippen molar-refractivity contribution in [2.45, 2.75) is 50.0 Å². The van der Waals surface area contributed by atoms with E-state index in [1.165, 1.54) is 12.8 Å². The molecule has 0 aliphatic heterocycles. The molecule has 0 atom stereocenters. The highest BCUT2D eigenvalue weighted by Crippen LogP contribution is 2.32. The van der Waals surface area contributed by atoms with Crippen LogP contribution in [-0.2, 0) is 9.84 Å². The van der Waals surface area contributed by atoms with Crippen LogP contribution in [0.2, 0.25) is 0 Å². The summed E-state index contributed by atoms with van der Waals surface area (Å²) in [5, 5.41) is 0. The molecule has 0 radical (unpaired) electrons. The van der Waals surface area contributed by atoms with Gasteiger partial charge in [-0.15, -0.1) is 0 Å². The van der Waals surface area contributed by atoms with Gasteiger partial charge in [0.15, 0.2) is 9.84 Å². The number of hydrogen-bond acceptors (Lipinski definition) is 4. The standard InChI is InChI=1S/C16H26N2O2S/c1-2-13-21(19,20)16-10-6-5-9-15(16)18(12-11-17)14-7-3-4-8-14/h5-6,9-10,14H,2-4,7-8,11-13,17H2,1H3. The first-order valence-corrected chi connectivity index (χ1v) is 9.54. The fourth-order valence-electron chi connectivity index (χ4n) is 3.19. The summed E-state index contributed by atoms with van der Waals surface area (Å²) in [6.45, 7) is 3.15. The molecule has 0 unspecified atom stereocenters. The number of rotatable bonds is 7. The summed E-state index contributed by atoms with van der Waals surface area (Å²) in [5.41, 5.74) is 6.60. The second-order valence-electron chi connectivity index (χ2n) is 5.71. The van der Waals surface area contributed by atoms with E-state index >= 15 is 0 Å². The van der Waals surface area contributed by atoms with Gasteiger partial charge in [-0.2, -0.15) is 0 Å². The largest absolute Gasteiger partial charge is 0.366 e. The Balaban J connectivity index is 2.40. The molecule has 1 aromatic carbocycles. The first-order chi connectivity index (χ1) is 10.1. The number of sulfone groups is 1. The molecular weight excluding hydrogens is 284 g/mol. The predicted molar refractivity (Wildman–Crippen MR) is 87.4 cm³/mol. The molecule has 1 aromatic rings. The number of benzene rings is 1. The van der Waals surface area contributed by atoms with Gasteiger partial charge in [-0.1, -0.05) is 31.9 Å². The Morgan fingerprint density at radius 3 is 2.52 bits per heavy atom. The minimum Gasteiger partial charge on any atom is -0.366 e. The van der Waals surface area contributed by atoms with Gasteiger partial charge in [-0.3, -0.25) is 0 Å². The van der Waals surface area contributed by atoms with Gasteiger partial charge >= 0.3 is 0 Å². The van der Waals surface area contributed by atoms with Gasteiger partial charge in [0, 0.05) is 19.1 Å². The van der Waals surface area contributed by atoms with Crippen LogP contribution in [0.15, 0.2) is 29.2 Å². The Morgan fingerprint density at radius 2 is 1.90 bits per heavy atom. The van der Waals surface area contributed by atoms with Gasteiger partial charge in [-0.05, 0) is 31.4 Å². The van der Waals surface area contributed by atoms with Crippen molar-refractivity contribution in [3.63, 3.8) is 0 Å². The third-order valence-corrected chi connectivity index (χ3v) is 6.08. The SMILES string of the molecule is CCCS(=O)(=O)c1ccccc1N(CCN)C1CCCC1. The third kappa shape index (κ3) is 3.77. The lowest BCUT2D eigenvalue weighted by Gasteiger charge is -2.32. The van der Waals surface area contributed by atoms with Gasteiger partial charge in [0.05, 0.1) is 16.3 Å². The van der Waals surface area contributed by atoms with Crippen molar-refractivity contribution in [3.8, 4) is 0 Å². The topological polar surface area (TPSA) is 63.4 Å². The molecule has 0 spiro atoms. The fourth-order valence-corrected chi connectivity index (χ4v) is 4.74. The van der Waals surface area contributed by atoms with E-state index in [0.717, 1.165) is 18.5 Å². The molecule has 0 amide bonds. The van der Waals surface area contributed by atoms with E-state index in [1.54, 1.807) is 12.1 Å². The van der Waals surface area contributed by atoms with Crippen LogP contribution in [0.3, 0.4) is 0 Å². The third-order valence-electron chi connectivity index (χ3n) is 4.12. The van der Waals surface area contributed by atoms with E-state index in [2.05, 4.69) is 4.90 Å². The van der Waals surface area contributed by atoms with Gasteiger partial charge in [0.25, 0.3) is 0 Å². The molecule has 118 valence electrons. The van der Waals surface area contributed by atoms with Crippen LogP contribution in [0.4, 0.5) is 5.69 Å². The quantitative estimate of drug-likeness (QED) is 0.841. The van der Waals surface area contributed by atoms with Crippen LogP contribution >= 0.6 is 0 Å². The highest BCUT2D eigenvalue weighted by Gasteiger charge is 2.27. The molecule has 21 heavy (non-hydrogen) atoms. The average molecular weight is 310 g/mol. The maximum Gasteiger partial charge on any atom is 0.180 e. The maximum atomic E-state index is 12.5. The molecule has 0 bridgehead atoms. The summed E-state index contributed by atoms with van der Waals surface area (Å²) < 4.78 is 25.0. The van der Waals surface area contributed by atoms with E-state index in [-0.39, 0.29) is 5.75 Å². The maximum absolute atomic E-state index is 12.5. The van der Waals surface area contributed by atoms with Gasteiger partial charge in [0.2, 0.25) is 0 Å². The first-order valence-electron chi connectivity index (χ1n) is 7.88. The van der Waals surface area contributed by atoms with Gasteiger partial charge < -0.3 is 10.6 Å². The van der Waals surface area contributed by atoms with Gasteiger partial charge in [0.1, 0.15) is 0 Å². The lowest BCUT2D eigenvalue weighted by molar-refractivity contribution is 0.586. The minimum atomic E-state index is -3.22. The summed E-state index contributed by atoms with van der Waals surface area (Å²) in [7, 11) is -3.22. The Kier molecular flexibility index (Phi) is 5.65. The predicted octanol–water partition coefficient (Wildman–Crippen LogP) is 2.58. The zero-order valence-corrected chi connectivity index (χ0v) is 13.6. The molecule has 1 aliphatic carbocycles. The minimum absolute atomic E-state index is 0.200. The monoisotopic (exact) mass is 310 g/mol. The number of anilines is 1. The second-order valence-corrected chi connectivity index (χ2v) is 7.78. The Bertz CT molecular complexity index is 551. The molecule has 1 fully saturated rings. The second kappa shape index (κ2) is 7.27. The normalized spacial score (nSPS) is 16.3. The summed E-state index contributed by atoms with van der Waals surface area (Å²) >= 11 is 0. The number of hydrogen-bond donors (Lipinski definition) is 1. The zero-order chi connectivity index (χ0) is 15.3. The molecule has 5 heteroatoms. The van der Waals surface area contributed by atoms with E-state index < -0.39 is 9.84 Å². The fraction of sp³-hybridized carbons (Fsp3) is 0.625. The van der Waals surface area contributed by atoms with Crippen LogP contribution in [0.1, 0.15) is 39.0 Å². The molecule has 2 rings (SSSR count). The lowest BCUT2D eigenvalue weighted by atomic mass is 10.1. The highest BCUT2D eigenvalue weighted by molar-refractivity contribution is 7.91. The van der Waals surface area contributed by atoms with Crippen LogP contribution < -0.4 is 10.6 Å². The Labute approximate surface area is 128 Å². The molecule has 1 aliphatic rings. The molecular formula is C16H26N2O2S. The molecule has 4 nitrogen and oxygen atoms in total. The van der Waals surface area contributed by atoms with E-state index in [1.807, 2.05) is 19.1 Å². The first kappa shape index (κ1) is 16.3. The van der Waals surface area contributed by atoms with Crippen LogP contribution in [0.5, 0.6) is 0 Å². The van der Waals surface area contributed by atoms with Crippen molar-refractivity contribution in [2.24, 2.45) is 5.73 Å². The zero-order valence-electron chi connectivity index (χ0n) is 12.8. The Morgan fingerprint density at radius 1 is 1.24 bits per heavy atom. The highest BCUT2D eigenvalue weighted by atomic mass is 32.2. The molecule has 0 aromatic heterocycles. The van der Waals surface area contributed by atoms with E-state index in [9.17, 15) is 8.42 Å². The molecule has 0 saturated heterocycles. The molecule has 0 heterocycles. The summed E-state index contributed by atoms with van der Waals surface area (Å²) in [4.78, 5) is 2.68. The molecule has 1 saturated carbocycles. The number of nitrogens with zero attached hydrogens (tertiary/aromatic N) is 1. The van der Waals surface area contributed by atoms with Crippen molar-refractivity contribution in [1.29, 1.82) is 0 Å². The van der Waals surface area contributed by atoms with Crippen molar-refractivity contribution in [1.82, 2.24) is 0 Å². The summed E-state index contributed by atoms with van der Waals surface area (Å²) in [5.74, 6) is 0.200. The molecule has 2 N–H and O–H groups in total. The summed E-state index contributed by atoms with van der Waals surface area (Å²) in [6, 6.07) is 7.81. The van der Waals surface area contributed by atoms with E-state index in [4.69, 9.17) is 5.73 Å². The summed E-state index contributed by atoms with van der Waals surface area (Å²) in [6.07, 6.45) is 5.33. The lowest BCUT2D eigenvalue weighted by Crippen LogP contribution is -2.38. The Hall–Kier alpha value is -1.07. The number of para-hydroxylation sites is 1. The van der Waals surface area contributed by atoms with Crippen molar-refractivity contribution in [3.05, 3.63) is 24.3 Å². The average Bonchev–Trinajstić information content (AvgIpc) is 2.98. The smallest absolute Gasteiger partial charge is 0.180 e. The van der Waals surface area contributed by atoms with Gasteiger partial charge in [-0.25, -0.2) is 8.42 Å². The van der Waals surface area contributed by atoms with Crippen molar-refractivity contribution < 1.29 is 8.42 Å². The van der Waals surface area contributed by atoms with Crippen LogP contribution in [0.25, 0.3) is 0 Å². The van der Waals surface area contributed by atoms with Crippen molar-refractivity contribution >= 4 is 15.5 Å².